The van der Waals surface area contributed by atoms with Crippen LogP contribution in [0.4, 0.5) is 0 Å². The predicted octanol–water partition coefficient (Wildman–Crippen LogP) is 5.31. The highest BCUT2D eigenvalue weighted by molar-refractivity contribution is 5.50. The molecule has 3 aromatic carbocycles. The first-order valence-corrected chi connectivity index (χ1v) is 12.0. The predicted molar refractivity (Wildman–Crippen MR) is 133 cm³/mol. The number of methoxy groups -OCH3 is 1. The molecule has 0 saturated carbocycles. The van der Waals surface area contributed by atoms with Gasteiger partial charge in [0.25, 0.3) is 0 Å². The van der Waals surface area contributed by atoms with Gasteiger partial charge in [-0.25, -0.2) is 0 Å². The Labute approximate surface area is 197 Å². The molecule has 2 aliphatic heterocycles. The zero-order valence-electron chi connectivity index (χ0n) is 19.9. The van der Waals surface area contributed by atoms with Gasteiger partial charge in [-0.2, -0.15) is 0 Å². The first-order chi connectivity index (χ1) is 16.0. The highest BCUT2D eigenvalue weighted by Gasteiger charge is 2.39. The van der Waals surface area contributed by atoms with Crippen molar-refractivity contribution in [3.8, 4) is 11.5 Å². The van der Waals surface area contributed by atoms with E-state index in [0.29, 0.717) is 18.6 Å². The third-order valence-corrected chi connectivity index (χ3v) is 7.41. The van der Waals surface area contributed by atoms with Crippen molar-refractivity contribution in [1.29, 1.82) is 0 Å². The zero-order chi connectivity index (χ0) is 22.9. The van der Waals surface area contributed by atoms with Gasteiger partial charge in [0.05, 0.1) is 7.11 Å². The van der Waals surface area contributed by atoms with Crippen LogP contribution in [-0.4, -0.2) is 31.1 Å². The molecule has 33 heavy (non-hydrogen) atoms. The maximum absolute atomic E-state index is 6.82. The Morgan fingerprint density at radius 2 is 1.79 bits per heavy atom. The van der Waals surface area contributed by atoms with E-state index in [4.69, 9.17) is 15.2 Å². The monoisotopic (exact) mass is 442 g/mol. The number of hydrogen-bond donors (Lipinski definition) is 1. The van der Waals surface area contributed by atoms with Gasteiger partial charge >= 0.3 is 0 Å². The van der Waals surface area contributed by atoms with Crippen LogP contribution in [0.2, 0.25) is 0 Å². The molecule has 4 heteroatoms. The number of piperidine rings is 1. The quantitative estimate of drug-likeness (QED) is 0.582. The number of nitrogens with zero attached hydrogens (tertiary/aromatic N) is 1. The van der Waals surface area contributed by atoms with Gasteiger partial charge in [-0.05, 0) is 66.6 Å². The number of benzene rings is 3. The zero-order valence-corrected chi connectivity index (χ0v) is 19.9. The molecule has 1 fully saturated rings. The molecule has 2 aliphatic rings. The molecule has 3 aromatic rings. The van der Waals surface area contributed by atoms with Crippen LogP contribution >= 0.6 is 0 Å². The van der Waals surface area contributed by atoms with Crippen molar-refractivity contribution in [3.05, 3.63) is 94.0 Å². The lowest BCUT2D eigenvalue weighted by Gasteiger charge is -2.46. The summed E-state index contributed by atoms with van der Waals surface area (Å²) in [4.78, 5) is 2.63. The molecule has 0 aliphatic carbocycles. The van der Waals surface area contributed by atoms with Crippen molar-refractivity contribution in [1.82, 2.24) is 4.90 Å². The molecule has 0 amide bonds. The minimum atomic E-state index is 0.137. The first-order valence-electron chi connectivity index (χ1n) is 12.0. The van der Waals surface area contributed by atoms with E-state index in [1.54, 1.807) is 7.11 Å². The Morgan fingerprint density at radius 1 is 0.970 bits per heavy atom. The summed E-state index contributed by atoms with van der Waals surface area (Å²) in [5.41, 5.74) is 14.7. The average molecular weight is 443 g/mol. The van der Waals surface area contributed by atoms with E-state index in [9.17, 15) is 0 Å². The minimum absolute atomic E-state index is 0.137. The first kappa shape index (κ1) is 22.0. The van der Waals surface area contributed by atoms with E-state index in [0.717, 1.165) is 43.0 Å². The molecular weight excluding hydrogens is 408 g/mol. The van der Waals surface area contributed by atoms with E-state index in [-0.39, 0.29) is 6.04 Å². The summed E-state index contributed by atoms with van der Waals surface area (Å²) in [7, 11) is 1.72. The molecular formula is C29H34N2O2. The van der Waals surface area contributed by atoms with Crippen LogP contribution in [0, 0.1) is 13.8 Å². The van der Waals surface area contributed by atoms with Gasteiger partial charge < -0.3 is 15.2 Å². The highest BCUT2D eigenvalue weighted by Crippen LogP contribution is 2.44. The fourth-order valence-corrected chi connectivity index (χ4v) is 5.56. The van der Waals surface area contributed by atoms with E-state index < -0.39 is 0 Å². The molecule has 0 spiro atoms. The van der Waals surface area contributed by atoms with E-state index in [1.165, 1.54) is 27.8 Å². The van der Waals surface area contributed by atoms with Crippen molar-refractivity contribution >= 4 is 0 Å². The van der Waals surface area contributed by atoms with Crippen molar-refractivity contribution < 1.29 is 9.47 Å². The van der Waals surface area contributed by atoms with Gasteiger partial charge in [-0.15, -0.1) is 0 Å². The van der Waals surface area contributed by atoms with E-state index >= 15 is 0 Å². The number of aryl methyl sites for hydroxylation is 2. The molecule has 0 unspecified atom stereocenters. The summed E-state index contributed by atoms with van der Waals surface area (Å²) in [5.74, 6) is 2.00. The van der Waals surface area contributed by atoms with Crippen molar-refractivity contribution in [2.45, 2.75) is 51.3 Å². The molecule has 2 N–H and O–H groups in total. The third kappa shape index (κ3) is 4.38. The Morgan fingerprint density at radius 3 is 2.58 bits per heavy atom. The standard InChI is InChI=1S/C29H34N2O2/c1-19-9-10-20(2)23(13-19)25-17-31-12-11-22-14-29(33-18-21-7-5-4-6-8-21)28(32-3)15-24(22)27(31)16-26(25)30/h4-10,13-15,25-27H,11-12,16-18,30H2,1-3H3/t25-,26+,27+/m0/s1. The molecule has 4 nitrogen and oxygen atoms in total. The number of fused-ring (bicyclic) bond motifs is 3. The molecule has 0 radical (unpaired) electrons. The lowest BCUT2D eigenvalue weighted by molar-refractivity contribution is 0.109. The summed E-state index contributed by atoms with van der Waals surface area (Å²) < 4.78 is 11.9. The number of hydrogen-bond acceptors (Lipinski definition) is 4. The lowest BCUT2D eigenvalue weighted by atomic mass is 9.77. The fourth-order valence-electron chi connectivity index (χ4n) is 5.56. The van der Waals surface area contributed by atoms with Gasteiger partial charge in [0.2, 0.25) is 0 Å². The Hall–Kier alpha value is -2.82. The maximum Gasteiger partial charge on any atom is 0.161 e. The van der Waals surface area contributed by atoms with Gasteiger partial charge in [-0.3, -0.25) is 4.90 Å². The molecule has 2 heterocycles. The van der Waals surface area contributed by atoms with Crippen LogP contribution in [0.25, 0.3) is 0 Å². The second-order valence-corrected chi connectivity index (χ2v) is 9.60. The molecule has 0 bridgehead atoms. The summed E-state index contributed by atoms with van der Waals surface area (Å²) in [6.07, 6.45) is 1.98. The van der Waals surface area contributed by atoms with Gasteiger partial charge in [0, 0.05) is 31.1 Å². The summed E-state index contributed by atoms with van der Waals surface area (Å²) in [5, 5.41) is 0. The largest absolute Gasteiger partial charge is 0.493 e. The van der Waals surface area contributed by atoms with Crippen LogP contribution < -0.4 is 15.2 Å². The number of rotatable bonds is 5. The van der Waals surface area contributed by atoms with Crippen LogP contribution in [0.3, 0.4) is 0 Å². The summed E-state index contributed by atoms with van der Waals surface area (Å²) in [6, 6.07) is 21.9. The SMILES string of the molecule is COc1cc2c(cc1OCc1ccccc1)CCN1C[C@@H](c3cc(C)ccc3C)[C@H](N)C[C@H]21. The highest BCUT2D eigenvalue weighted by atomic mass is 16.5. The Kier molecular flexibility index (Phi) is 6.13. The minimum Gasteiger partial charge on any atom is -0.493 e. The van der Waals surface area contributed by atoms with Gasteiger partial charge in [0.15, 0.2) is 11.5 Å². The topological polar surface area (TPSA) is 47.7 Å². The second kappa shape index (κ2) is 9.20. The third-order valence-electron chi connectivity index (χ3n) is 7.41. The van der Waals surface area contributed by atoms with Crippen molar-refractivity contribution in [3.63, 3.8) is 0 Å². The van der Waals surface area contributed by atoms with Gasteiger partial charge in [0.1, 0.15) is 6.61 Å². The average Bonchev–Trinajstić information content (AvgIpc) is 2.84. The molecule has 5 rings (SSSR count). The van der Waals surface area contributed by atoms with Crippen LogP contribution in [0.15, 0.2) is 60.7 Å². The van der Waals surface area contributed by atoms with E-state index in [2.05, 4.69) is 61.2 Å². The van der Waals surface area contributed by atoms with Crippen molar-refractivity contribution in [2.75, 3.05) is 20.2 Å². The van der Waals surface area contributed by atoms with Crippen molar-refractivity contribution in [2.24, 2.45) is 5.73 Å². The number of nitrogens with two attached hydrogens (primary N) is 1. The molecule has 172 valence electrons. The number of ether oxygens (including phenoxy) is 2. The van der Waals surface area contributed by atoms with Crippen LogP contribution in [-0.2, 0) is 13.0 Å². The smallest absolute Gasteiger partial charge is 0.161 e. The summed E-state index contributed by atoms with van der Waals surface area (Å²) in [6.45, 7) is 6.97. The molecule has 3 atom stereocenters. The molecule has 0 aromatic heterocycles. The summed E-state index contributed by atoms with van der Waals surface area (Å²) >= 11 is 0. The van der Waals surface area contributed by atoms with Crippen LogP contribution in [0.5, 0.6) is 11.5 Å². The van der Waals surface area contributed by atoms with E-state index in [1.807, 2.05) is 18.2 Å². The Bertz CT molecular complexity index is 1130. The second-order valence-electron chi connectivity index (χ2n) is 9.60. The molecule has 1 saturated heterocycles. The fraction of sp³-hybridized carbons (Fsp3) is 0.379. The van der Waals surface area contributed by atoms with Crippen LogP contribution in [0.1, 0.15) is 51.8 Å². The normalized spacial score (nSPS) is 22.4. The Balaban J connectivity index is 1.39. The van der Waals surface area contributed by atoms with Gasteiger partial charge in [-0.1, -0.05) is 54.1 Å². The maximum atomic E-state index is 6.82. The lowest BCUT2D eigenvalue weighted by Crippen LogP contribution is -2.49.